The highest BCUT2D eigenvalue weighted by atomic mass is 16.5. The Kier molecular flexibility index (Phi) is 14.3. The lowest BCUT2D eigenvalue weighted by Crippen LogP contribution is -2.51. The summed E-state index contributed by atoms with van der Waals surface area (Å²) in [6.07, 6.45) is 13.4. The van der Waals surface area contributed by atoms with E-state index >= 15 is 0 Å². The van der Waals surface area contributed by atoms with Crippen LogP contribution in [0.25, 0.3) is 0 Å². The molecule has 0 aromatic heterocycles. The van der Waals surface area contributed by atoms with E-state index in [-0.39, 0.29) is 12.0 Å². The molecule has 4 nitrogen and oxygen atoms in total. The number of ether oxygens (including phenoxy) is 2. The first-order valence-electron chi connectivity index (χ1n) is 14.2. The minimum Gasteiger partial charge on any atom is -0.493 e. The predicted molar refractivity (Wildman–Crippen MR) is 150 cm³/mol. The molecule has 2 rings (SSSR count). The minimum absolute atomic E-state index is 0.132. The molecule has 0 spiro atoms. The third-order valence-corrected chi connectivity index (χ3v) is 7.14. The summed E-state index contributed by atoms with van der Waals surface area (Å²) in [5, 5.41) is 0. The van der Waals surface area contributed by atoms with Crippen molar-refractivity contribution in [1.29, 1.82) is 0 Å². The fraction of sp³-hybridized carbons (Fsp3) is 0.594. The fourth-order valence-corrected chi connectivity index (χ4v) is 4.46. The lowest BCUT2D eigenvalue weighted by molar-refractivity contribution is -0.917. The number of unbranched alkanes of at least 4 members (excludes halogenated alkanes) is 8. The van der Waals surface area contributed by atoms with Crippen molar-refractivity contribution in [3.05, 3.63) is 65.7 Å². The molecule has 0 saturated carbocycles. The summed E-state index contributed by atoms with van der Waals surface area (Å²) in [5.74, 6) is 0.874. The summed E-state index contributed by atoms with van der Waals surface area (Å²) >= 11 is 0. The highest BCUT2D eigenvalue weighted by molar-refractivity contribution is 5.74. The van der Waals surface area contributed by atoms with Gasteiger partial charge in [0.1, 0.15) is 12.3 Å². The van der Waals surface area contributed by atoms with Gasteiger partial charge in [0.2, 0.25) is 0 Å². The molecule has 1 atom stereocenters. The molecule has 2 aromatic carbocycles. The van der Waals surface area contributed by atoms with Crippen LogP contribution in [-0.4, -0.2) is 43.8 Å². The molecule has 1 unspecified atom stereocenters. The van der Waals surface area contributed by atoms with Crippen LogP contribution in [0.3, 0.4) is 0 Å². The summed E-state index contributed by atoms with van der Waals surface area (Å²) in [7, 11) is 4.16. The van der Waals surface area contributed by atoms with Crippen LogP contribution in [0, 0.1) is 0 Å². The quantitative estimate of drug-likeness (QED) is 0.113. The molecule has 36 heavy (non-hydrogen) atoms. The van der Waals surface area contributed by atoms with Crippen LogP contribution in [-0.2, 0) is 22.5 Å². The van der Waals surface area contributed by atoms with Crippen molar-refractivity contribution in [3.63, 3.8) is 0 Å². The van der Waals surface area contributed by atoms with Gasteiger partial charge < -0.3 is 14.0 Å². The Bertz CT molecular complexity index is 849. The lowest BCUT2D eigenvalue weighted by Gasteiger charge is -2.34. The van der Waals surface area contributed by atoms with Gasteiger partial charge in [-0.05, 0) is 44.2 Å². The highest BCUT2D eigenvalue weighted by Crippen LogP contribution is 2.21. The van der Waals surface area contributed by atoms with E-state index in [0.717, 1.165) is 31.6 Å². The molecule has 0 aliphatic rings. The number of nitrogens with zero attached hydrogens (tertiary/aromatic N) is 1. The number of carbonyl (C=O) groups excluding carboxylic acids is 1. The van der Waals surface area contributed by atoms with E-state index in [0.29, 0.717) is 17.7 Å². The number of rotatable bonds is 19. The van der Waals surface area contributed by atoms with Crippen LogP contribution in [0.1, 0.15) is 89.2 Å². The van der Waals surface area contributed by atoms with Gasteiger partial charge in [-0.3, -0.25) is 0 Å². The maximum atomic E-state index is 12.6. The molecule has 0 aliphatic carbocycles. The van der Waals surface area contributed by atoms with Crippen molar-refractivity contribution < 1.29 is 18.8 Å². The standard InChI is InChI=1S/C32H50NO3/c1-5-6-7-8-9-10-11-15-22-30-23-16-17-24-31(30)35-25-18-19-26-36-32(34)28(2)33(3,4)27-29-20-13-12-14-21-29/h12-14,16-17,20-21,23-24,28H,5-11,15,18-19,22,25-27H2,1-4H3/q+1. The monoisotopic (exact) mass is 496 g/mol. The first-order valence-corrected chi connectivity index (χ1v) is 14.2. The van der Waals surface area contributed by atoms with Gasteiger partial charge >= 0.3 is 5.97 Å². The maximum absolute atomic E-state index is 12.6. The Morgan fingerprint density at radius 1 is 0.778 bits per heavy atom. The molecule has 2 aromatic rings. The van der Waals surface area contributed by atoms with Crippen molar-refractivity contribution in [1.82, 2.24) is 0 Å². The minimum atomic E-state index is -0.218. The van der Waals surface area contributed by atoms with E-state index in [1.807, 2.05) is 31.2 Å². The number of aryl methyl sites for hydroxylation is 1. The van der Waals surface area contributed by atoms with Gasteiger partial charge in [0.25, 0.3) is 0 Å². The van der Waals surface area contributed by atoms with Gasteiger partial charge in [0.15, 0.2) is 6.04 Å². The predicted octanol–water partition coefficient (Wildman–Crippen LogP) is 7.74. The summed E-state index contributed by atoms with van der Waals surface area (Å²) in [6, 6.07) is 18.5. The molecule has 0 heterocycles. The average molecular weight is 497 g/mol. The van der Waals surface area contributed by atoms with Crippen molar-refractivity contribution in [3.8, 4) is 5.75 Å². The molecule has 0 N–H and O–H groups in total. The number of likely N-dealkylation sites (N-methyl/N-ethyl adjacent to an activating group) is 1. The van der Waals surface area contributed by atoms with E-state index in [2.05, 4.69) is 51.4 Å². The largest absolute Gasteiger partial charge is 0.493 e. The summed E-state index contributed by atoms with van der Waals surface area (Å²) in [6.45, 7) is 6.11. The van der Waals surface area contributed by atoms with Crippen molar-refractivity contribution in [2.45, 2.75) is 97.1 Å². The Labute approximate surface area is 220 Å². The second kappa shape index (κ2) is 17.2. The second-order valence-corrected chi connectivity index (χ2v) is 10.7. The zero-order valence-electron chi connectivity index (χ0n) is 23.3. The first kappa shape index (κ1) is 29.9. The topological polar surface area (TPSA) is 35.5 Å². The summed E-state index contributed by atoms with van der Waals surface area (Å²) < 4.78 is 12.3. The van der Waals surface area contributed by atoms with E-state index < -0.39 is 0 Å². The summed E-state index contributed by atoms with van der Waals surface area (Å²) in [4.78, 5) is 12.6. The molecule has 0 fully saturated rings. The van der Waals surface area contributed by atoms with E-state index in [9.17, 15) is 4.79 Å². The Balaban J connectivity index is 1.61. The average Bonchev–Trinajstić information content (AvgIpc) is 2.88. The van der Waals surface area contributed by atoms with Gasteiger partial charge in [0.05, 0.1) is 27.3 Å². The molecule has 0 saturated heterocycles. The SMILES string of the molecule is CCCCCCCCCCc1ccccc1OCCCCOC(=O)C(C)[N+](C)(C)Cc1ccccc1. The van der Waals surface area contributed by atoms with Gasteiger partial charge in [-0.25, -0.2) is 4.79 Å². The zero-order valence-corrected chi connectivity index (χ0v) is 23.3. The number of quaternary nitrogens is 1. The van der Waals surface area contributed by atoms with Crippen molar-refractivity contribution >= 4 is 5.97 Å². The number of para-hydroxylation sites is 1. The van der Waals surface area contributed by atoms with Crippen LogP contribution in [0.2, 0.25) is 0 Å². The van der Waals surface area contributed by atoms with E-state index in [1.54, 1.807) is 0 Å². The molecule has 0 amide bonds. The first-order chi connectivity index (χ1) is 17.4. The van der Waals surface area contributed by atoms with Crippen LogP contribution in [0.5, 0.6) is 5.75 Å². The number of benzene rings is 2. The Morgan fingerprint density at radius 3 is 2.11 bits per heavy atom. The molecule has 0 aliphatic heterocycles. The van der Waals surface area contributed by atoms with Crippen LogP contribution < -0.4 is 4.74 Å². The lowest BCUT2D eigenvalue weighted by atomic mass is 10.0. The molecule has 4 heteroatoms. The third kappa shape index (κ3) is 11.6. The number of hydrogen-bond donors (Lipinski definition) is 0. The van der Waals surface area contributed by atoms with Crippen molar-refractivity contribution in [2.24, 2.45) is 0 Å². The van der Waals surface area contributed by atoms with E-state index in [4.69, 9.17) is 9.47 Å². The molecular weight excluding hydrogens is 446 g/mol. The van der Waals surface area contributed by atoms with Gasteiger partial charge in [-0.2, -0.15) is 0 Å². The number of esters is 1. The maximum Gasteiger partial charge on any atom is 0.364 e. The van der Waals surface area contributed by atoms with Crippen molar-refractivity contribution in [2.75, 3.05) is 27.3 Å². The molecule has 0 radical (unpaired) electrons. The number of hydrogen-bond acceptors (Lipinski definition) is 3. The van der Waals surface area contributed by atoms with Crippen LogP contribution in [0.4, 0.5) is 0 Å². The van der Waals surface area contributed by atoms with Gasteiger partial charge in [-0.15, -0.1) is 0 Å². The van der Waals surface area contributed by atoms with Gasteiger partial charge in [-0.1, -0.05) is 100 Å². The van der Waals surface area contributed by atoms with Gasteiger partial charge in [0, 0.05) is 5.56 Å². The fourth-order valence-electron chi connectivity index (χ4n) is 4.46. The Morgan fingerprint density at radius 2 is 1.39 bits per heavy atom. The molecule has 0 bridgehead atoms. The highest BCUT2D eigenvalue weighted by Gasteiger charge is 2.32. The summed E-state index contributed by atoms with van der Waals surface area (Å²) in [5.41, 5.74) is 2.53. The molecule has 200 valence electrons. The third-order valence-electron chi connectivity index (χ3n) is 7.14. The second-order valence-electron chi connectivity index (χ2n) is 10.7. The zero-order chi connectivity index (χ0) is 26.1. The van der Waals surface area contributed by atoms with Crippen LogP contribution >= 0.6 is 0 Å². The van der Waals surface area contributed by atoms with E-state index in [1.165, 1.54) is 62.5 Å². The molecular formula is C32H50NO3+. The Hall–Kier alpha value is -2.33. The normalized spacial score (nSPS) is 12.3. The number of carbonyl (C=O) groups is 1. The van der Waals surface area contributed by atoms with Crippen LogP contribution in [0.15, 0.2) is 54.6 Å². The smallest absolute Gasteiger partial charge is 0.364 e.